The zero-order chi connectivity index (χ0) is 21.2. The van der Waals surface area contributed by atoms with Crippen LogP contribution in [0.4, 0.5) is 11.4 Å². The molecule has 0 spiro atoms. The summed E-state index contributed by atoms with van der Waals surface area (Å²) in [7, 11) is 0. The van der Waals surface area contributed by atoms with Crippen LogP contribution in [0.2, 0.25) is 0 Å². The number of amides is 2. The van der Waals surface area contributed by atoms with E-state index in [4.69, 9.17) is 0 Å². The van der Waals surface area contributed by atoms with Crippen LogP contribution in [-0.2, 0) is 9.59 Å². The van der Waals surface area contributed by atoms with Crippen LogP contribution in [0.5, 0.6) is 0 Å². The molecule has 5 heteroatoms. The van der Waals surface area contributed by atoms with Gasteiger partial charge in [-0.25, -0.2) is 0 Å². The van der Waals surface area contributed by atoms with Crippen molar-refractivity contribution in [2.45, 2.75) is 72.6 Å². The maximum Gasteiger partial charge on any atom is 0.238 e. The van der Waals surface area contributed by atoms with Crippen LogP contribution in [0.1, 0.15) is 71.3 Å². The average molecular weight is 402 g/mol. The van der Waals surface area contributed by atoms with Crippen molar-refractivity contribution >= 4 is 23.2 Å². The molecule has 29 heavy (non-hydrogen) atoms. The SMILES string of the molecule is CCCCC1CCC(C(=O)Nc2ccc(NC(=O)CN(CC)CC)c(C)c2)CC1. The summed E-state index contributed by atoms with van der Waals surface area (Å²) in [5.74, 6) is 1.06. The van der Waals surface area contributed by atoms with E-state index in [1.165, 1.54) is 32.1 Å². The number of nitrogens with one attached hydrogen (secondary N) is 2. The highest BCUT2D eigenvalue weighted by Gasteiger charge is 2.26. The number of carbonyl (C=O) groups is 2. The number of hydrogen-bond donors (Lipinski definition) is 2. The summed E-state index contributed by atoms with van der Waals surface area (Å²) in [6.07, 6.45) is 8.22. The maximum absolute atomic E-state index is 12.7. The maximum atomic E-state index is 12.7. The minimum atomic E-state index is -0.00609. The van der Waals surface area contributed by atoms with Gasteiger partial charge in [0.15, 0.2) is 0 Å². The molecule has 0 atom stereocenters. The van der Waals surface area contributed by atoms with Gasteiger partial charge in [0, 0.05) is 17.3 Å². The van der Waals surface area contributed by atoms with E-state index >= 15 is 0 Å². The third kappa shape index (κ3) is 7.46. The van der Waals surface area contributed by atoms with E-state index in [1.54, 1.807) is 0 Å². The second kappa shape index (κ2) is 12.0. The topological polar surface area (TPSA) is 61.4 Å². The number of rotatable bonds is 10. The van der Waals surface area contributed by atoms with Crippen molar-refractivity contribution in [2.24, 2.45) is 11.8 Å². The molecule has 0 saturated heterocycles. The Morgan fingerprint density at radius 1 is 1.03 bits per heavy atom. The average Bonchev–Trinajstić information content (AvgIpc) is 2.72. The van der Waals surface area contributed by atoms with E-state index in [0.29, 0.717) is 6.54 Å². The highest BCUT2D eigenvalue weighted by atomic mass is 16.2. The molecule has 162 valence electrons. The minimum Gasteiger partial charge on any atom is -0.326 e. The molecule has 0 aliphatic heterocycles. The van der Waals surface area contributed by atoms with E-state index < -0.39 is 0 Å². The fourth-order valence-corrected chi connectivity index (χ4v) is 4.17. The van der Waals surface area contributed by atoms with Gasteiger partial charge in [0.2, 0.25) is 11.8 Å². The van der Waals surface area contributed by atoms with Crippen molar-refractivity contribution in [3.8, 4) is 0 Å². The summed E-state index contributed by atoms with van der Waals surface area (Å²) in [6, 6.07) is 5.70. The lowest BCUT2D eigenvalue weighted by Crippen LogP contribution is -2.33. The van der Waals surface area contributed by atoms with E-state index in [0.717, 1.165) is 48.8 Å². The third-order valence-corrected chi connectivity index (χ3v) is 6.21. The predicted molar refractivity (Wildman–Crippen MR) is 121 cm³/mol. The fourth-order valence-electron chi connectivity index (χ4n) is 4.17. The number of carbonyl (C=O) groups excluding carboxylic acids is 2. The Labute approximate surface area is 176 Å². The number of aryl methyl sites for hydroxylation is 1. The van der Waals surface area contributed by atoms with Gasteiger partial charge in [-0.2, -0.15) is 0 Å². The molecule has 1 fully saturated rings. The summed E-state index contributed by atoms with van der Waals surface area (Å²) in [6.45, 7) is 10.4. The van der Waals surface area contributed by atoms with Crippen LogP contribution in [0.15, 0.2) is 18.2 Å². The molecule has 1 aliphatic carbocycles. The Hall–Kier alpha value is -1.88. The molecule has 1 aliphatic rings. The largest absolute Gasteiger partial charge is 0.326 e. The van der Waals surface area contributed by atoms with Crippen molar-refractivity contribution in [1.29, 1.82) is 0 Å². The summed E-state index contributed by atoms with van der Waals surface area (Å²) in [5.41, 5.74) is 2.57. The first-order valence-corrected chi connectivity index (χ1v) is 11.4. The second-order valence-corrected chi connectivity index (χ2v) is 8.39. The molecule has 0 bridgehead atoms. The number of benzene rings is 1. The molecule has 1 aromatic rings. The van der Waals surface area contributed by atoms with E-state index in [-0.39, 0.29) is 17.7 Å². The summed E-state index contributed by atoms with van der Waals surface area (Å²) in [4.78, 5) is 27.0. The summed E-state index contributed by atoms with van der Waals surface area (Å²) < 4.78 is 0. The first-order valence-electron chi connectivity index (χ1n) is 11.4. The molecule has 2 rings (SSSR count). The molecule has 5 nitrogen and oxygen atoms in total. The lowest BCUT2D eigenvalue weighted by Gasteiger charge is -2.27. The second-order valence-electron chi connectivity index (χ2n) is 8.39. The van der Waals surface area contributed by atoms with Crippen LogP contribution in [0, 0.1) is 18.8 Å². The smallest absolute Gasteiger partial charge is 0.238 e. The highest BCUT2D eigenvalue weighted by Crippen LogP contribution is 2.32. The van der Waals surface area contributed by atoms with Crippen LogP contribution in [0.3, 0.4) is 0 Å². The fraction of sp³-hybridized carbons (Fsp3) is 0.667. The first kappa shape index (κ1) is 23.4. The number of hydrogen-bond acceptors (Lipinski definition) is 3. The van der Waals surface area contributed by atoms with Gasteiger partial charge >= 0.3 is 0 Å². The number of likely N-dealkylation sites (N-methyl/N-ethyl adjacent to an activating group) is 1. The minimum absolute atomic E-state index is 0.00609. The first-order chi connectivity index (χ1) is 14.0. The number of nitrogens with zero attached hydrogens (tertiary/aromatic N) is 1. The monoisotopic (exact) mass is 401 g/mol. The predicted octanol–water partition coefficient (Wildman–Crippen LogP) is 5.21. The van der Waals surface area contributed by atoms with E-state index in [2.05, 4.69) is 36.3 Å². The molecule has 0 aromatic heterocycles. The van der Waals surface area contributed by atoms with Crippen LogP contribution in [-0.4, -0.2) is 36.3 Å². The lowest BCUT2D eigenvalue weighted by atomic mass is 9.79. The van der Waals surface area contributed by atoms with Gasteiger partial charge in [-0.1, -0.05) is 40.0 Å². The quantitative estimate of drug-likeness (QED) is 0.566. The normalized spacial score (nSPS) is 19.2. The molecular formula is C24H39N3O2. The van der Waals surface area contributed by atoms with Gasteiger partial charge < -0.3 is 10.6 Å². The summed E-state index contributed by atoms with van der Waals surface area (Å²) in [5, 5.41) is 6.06. The van der Waals surface area contributed by atoms with Gasteiger partial charge in [-0.05, 0) is 75.4 Å². The standard InChI is InChI=1S/C24H39N3O2/c1-5-8-9-19-10-12-20(13-11-19)24(29)25-21-14-15-22(18(4)16-21)26-23(28)17-27(6-2)7-3/h14-16,19-20H,5-13,17H2,1-4H3,(H,25,29)(H,26,28). The molecule has 1 aromatic carbocycles. The molecule has 0 unspecified atom stereocenters. The molecule has 0 heterocycles. The van der Waals surface area contributed by atoms with Crippen molar-refractivity contribution in [3.63, 3.8) is 0 Å². The zero-order valence-corrected chi connectivity index (χ0v) is 18.7. The van der Waals surface area contributed by atoms with Crippen LogP contribution < -0.4 is 10.6 Å². The van der Waals surface area contributed by atoms with Crippen LogP contribution in [0.25, 0.3) is 0 Å². The molecule has 0 radical (unpaired) electrons. The van der Waals surface area contributed by atoms with Crippen molar-refractivity contribution in [2.75, 3.05) is 30.3 Å². The molecule has 2 amide bonds. The number of unbranched alkanes of at least 4 members (excludes halogenated alkanes) is 1. The molecular weight excluding hydrogens is 362 g/mol. The lowest BCUT2D eigenvalue weighted by molar-refractivity contribution is -0.121. The Morgan fingerprint density at radius 3 is 2.31 bits per heavy atom. The molecule has 2 N–H and O–H groups in total. The molecule has 1 saturated carbocycles. The van der Waals surface area contributed by atoms with Gasteiger partial charge in [0.25, 0.3) is 0 Å². The Morgan fingerprint density at radius 2 is 1.72 bits per heavy atom. The van der Waals surface area contributed by atoms with Crippen molar-refractivity contribution in [1.82, 2.24) is 4.90 Å². The Kier molecular flexibility index (Phi) is 9.65. The van der Waals surface area contributed by atoms with Crippen molar-refractivity contribution < 1.29 is 9.59 Å². The highest BCUT2D eigenvalue weighted by molar-refractivity contribution is 5.95. The Balaban J connectivity index is 1.85. The van der Waals surface area contributed by atoms with Gasteiger partial charge in [-0.3, -0.25) is 14.5 Å². The van der Waals surface area contributed by atoms with E-state index in [1.807, 2.05) is 25.1 Å². The van der Waals surface area contributed by atoms with Gasteiger partial charge in [-0.15, -0.1) is 0 Å². The Bertz CT molecular complexity index is 662. The van der Waals surface area contributed by atoms with Crippen LogP contribution >= 0.6 is 0 Å². The van der Waals surface area contributed by atoms with Gasteiger partial charge in [0.05, 0.1) is 6.54 Å². The van der Waals surface area contributed by atoms with E-state index in [9.17, 15) is 9.59 Å². The summed E-state index contributed by atoms with van der Waals surface area (Å²) >= 11 is 0. The third-order valence-electron chi connectivity index (χ3n) is 6.21. The number of anilines is 2. The van der Waals surface area contributed by atoms with Crippen molar-refractivity contribution in [3.05, 3.63) is 23.8 Å². The van der Waals surface area contributed by atoms with Gasteiger partial charge in [0.1, 0.15) is 0 Å². The zero-order valence-electron chi connectivity index (χ0n) is 18.7.